The van der Waals surface area contributed by atoms with Gasteiger partial charge in [-0.15, -0.1) is 0 Å². The van der Waals surface area contributed by atoms with E-state index in [0.717, 1.165) is 5.69 Å². The van der Waals surface area contributed by atoms with E-state index < -0.39 is 10.8 Å². The summed E-state index contributed by atoms with van der Waals surface area (Å²) in [6.45, 7) is -0.0254. The Morgan fingerprint density at radius 1 is 1.27 bits per heavy atom. The van der Waals surface area contributed by atoms with Crippen LogP contribution >= 0.6 is 11.6 Å². The Morgan fingerprint density at radius 2 is 1.96 bits per heavy atom. The normalized spacial score (nSPS) is 12.2. The van der Waals surface area contributed by atoms with Crippen molar-refractivity contribution in [2.75, 3.05) is 18.7 Å². The molecule has 1 heterocycles. The van der Waals surface area contributed by atoms with Crippen LogP contribution in [0.2, 0.25) is 5.02 Å². The topological polar surface area (TPSA) is 115 Å². The van der Waals surface area contributed by atoms with Gasteiger partial charge in [-0.3, -0.25) is 14.9 Å². The van der Waals surface area contributed by atoms with Crippen LogP contribution in [0, 0.1) is 10.1 Å². The van der Waals surface area contributed by atoms with Gasteiger partial charge in [0.25, 0.3) is 11.6 Å². The number of hydrogen-bond donors (Lipinski definition) is 2. The van der Waals surface area contributed by atoms with E-state index in [4.69, 9.17) is 21.1 Å². The number of nitrogens with zero attached hydrogens (tertiary/aromatic N) is 2. The van der Waals surface area contributed by atoms with Crippen molar-refractivity contribution in [2.24, 2.45) is 5.10 Å². The molecule has 0 spiro atoms. The number of hydrazone groups is 1. The Labute approximate surface area is 152 Å². The molecule has 3 rings (SSSR count). The zero-order valence-electron chi connectivity index (χ0n) is 13.3. The molecule has 134 valence electrons. The Balaban J connectivity index is 1.60. The molecule has 0 atom stereocenters. The third-order valence-electron chi connectivity index (χ3n) is 3.41. The number of fused-ring (bicyclic) bond motifs is 1. The SMILES string of the molecule is O=C(CNc1ccc(Cl)cc1)N/N=C\c1cc2c(cc1[N+](=O)[O-])OCO2. The van der Waals surface area contributed by atoms with Gasteiger partial charge in [0.15, 0.2) is 11.5 Å². The number of anilines is 1. The van der Waals surface area contributed by atoms with Gasteiger partial charge in [-0.1, -0.05) is 11.6 Å². The summed E-state index contributed by atoms with van der Waals surface area (Å²) >= 11 is 5.78. The first-order valence-electron chi connectivity index (χ1n) is 7.42. The Morgan fingerprint density at radius 3 is 2.65 bits per heavy atom. The average molecular weight is 377 g/mol. The van der Waals surface area contributed by atoms with Crippen LogP contribution in [0.5, 0.6) is 11.5 Å². The lowest BCUT2D eigenvalue weighted by Crippen LogP contribution is -2.25. The molecule has 0 saturated heterocycles. The summed E-state index contributed by atoms with van der Waals surface area (Å²) in [7, 11) is 0. The fraction of sp³-hybridized carbons (Fsp3) is 0.125. The standard InChI is InChI=1S/C16H13ClN4O5/c17-11-1-3-12(4-2-11)18-8-16(22)20-19-7-10-5-14-15(26-9-25-14)6-13(10)21(23)24/h1-7,18H,8-9H2,(H,20,22)/b19-7-. The average Bonchev–Trinajstić information content (AvgIpc) is 3.08. The molecule has 2 N–H and O–H groups in total. The highest BCUT2D eigenvalue weighted by Gasteiger charge is 2.22. The van der Waals surface area contributed by atoms with Crippen LogP contribution in [-0.4, -0.2) is 30.4 Å². The summed E-state index contributed by atoms with van der Waals surface area (Å²) in [6.07, 6.45) is 1.18. The first kappa shape index (κ1) is 17.5. The van der Waals surface area contributed by atoms with E-state index in [9.17, 15) is 14.9 Å². The van der Waals surface area contributed by atoms with Crippen LogP contribution in [0.1, 0.15) is 5.56 Å². The van der Waals surface area contributed by atoms with Gasteiger partial charge in [0, 0.05) is 10.7 Å². The summed E-state index contributed by atoms with van der Waals surface area (Å²) in [6, 6.07) is 9.54. The van der Waals surface area contributed by atoms with Gasteiger partial charge >= 0.3 is 0 Å². The first-order chi connectivity index (χ1) is 12.5. The van der Waals surface area contributed by atoms with Crippen molar-refractivity contribution in [2.45, 2.75) is 0 Å². The number of nitro benzene ring substituents is 1. The van der Waals surface area contributed by atoms with Crippen molar-refractivity contribution >= 4 is 35.1 Å². The summed E-state index contributed by atoms with van der Waals surface area (Å²) in [5.74, 6) is 0.262. The number of hydrogen-bond acceptors (Lipinski definition) is 7. The highest BCUT2D eigenvalue weighted by atomic mass is 35.5. The van der Waals surface area contributed by atoms with Gasteiger partial charge in [-0.05, 0) is 30.3 Å². The zero-order valence-corrected chi connectivity index (χ0v) is 14.0. The predicted molar refractivity (Wildman–Crippen MR) is 94.9 cm³/mol. The molecule has 0 saturated carbocycles. The van der Waals surface area contributed by atoms with Crippen LogP contribution in [0.25, 0.3) is 0 Å². The minimum absolute atomic E-state index is 0.000186. The maximum Gasteiger partial charge on any atom is 0.282 e. The van der Waals surface area contributed by atoms with Gasteiger partial charge in [0.05, 0.1) is 29.3 Å². The number of ether oxygens (including phenoxy) is 2. The van der Waals surface area contributed by atoms with Crippen LogP contribution in [0.4, 0.5) is 11.4 Å². The molecule has 2 aromatic rings. The zero-order chi connectivity index (χ0) is 18.5. The third-order valence-corrected chi connectivity index (χ3v) is 3.66. The second kappa shape index (κ2) is 7.70. The number of rotatable bonds is 6. The number of carbonyl (C=O) groups is 1. The molecule has 10 heteroatoms. The quantitative estimate of drug-likeness (QED) is 0.455. The fourth-order valence-electron chi connectivity index (χ4n) is 2.17. The second-order valence-electron chi connectivity index (χ2n) is 5.18. The first-order valence-corrected chi connectivity index (χ1v) is 7.80. The van der Waals surface area contributed by atoms with Crippen molar-refractivity contribution < 1.29 is 19.2 Å². The molecule has 0 bridgehead atoms. The van der Waals surface area contributed by atoms with Crippen molar-refractivity contribution in [3.63, 3.8) is 0 Å². The number of halogens is 1. The van der Waals surface area contributed by atoms with E-state index in [2.05, 4.69) is 15.8 Å². The lowest BCUT2D eigenvalue weighted by atomic mass is 10.1. The lowest BCUT2D eigenvalue weighted by molar-refractivity contribution is -0.385. The Kier molecular flexibility index (Phi) is 5.18. The van der Waals surface area contributed by atoms with E-state index in [1.54, 1.807) is 24.3 Å². The van der Waals surface area contributed by atoms with E-state index >= 15 is 0 Å². The maximum absolute atomic E-state index is 11.8. The highest BCUT2D eigenvalue weighted by molar-refractivity contribution is 6.30. The monoisotopic (exact) mass is 376 g/mol. The Hall–Kier alpha value is -3.33. The second-order valence-corrected chi connectivity index (χ2v) is 5.61. The summed E-state index contributed by atoms with van der Waals surface area (Å²) in [5, 5.41) is 18.4. The maximum atomic E-state index is 11.8. The summed E-state index contributed by atoms with van der Waals surface area (Å²) < 4.78 is 10.3. The highest BCUT2D eigenvalue weighted by Crippen LogP contribution is 2.37. The third kappa shape index (κ3) is 4.19. The molecular formula is C16H13ClN4O5. The van der Waals surface area contributed by atoms with E-state index in [1.807, 2.05) is 0 Å². The van der Waals surface area contributed by atoms with Crippen LogP contribution in [0.15, 0.2) is 41.5 Å². The van der Waals surface area contributed by atoms with Crippen molar-refractivity contribution in [3.8, 4) is 11.5 Å². The number of amides is 1. The van der Waals surface area contributed by atoms with Crippen molar-refractivity contribution in [1.29, 1.82) is 0 Å². The van der Waals surface area contributed by atoms with Gasteiger partial charge in [-0.2, -0.15) is 5.10 Å². The number of nitro groups is 1. The van der Waals surface area contributed by atoms with Crippen LogP contribution in [-0.2, 0) is 4.79 Å². The minimum Gasteiger partial charge on any atom is -0.454 e. The van der Waals surface area contributed by atoms with Gasteiger partial charge in [0.1, 0.15) is 0 Å². The van der Waals surface area contributed by atoms with Crippen molar-refractivity contribution in [1.82, 2.24) is 5.43 Å². The van der Waals surface area contributed by atoms with Gasteiger partial charge in [-0.25, -0.2) is 5.43 Å². The number of nitrogens with one attached hydrogen (secondary N) is 2. The predicted octanol–water partition coefficient (Wildman–Crippen LogP) is 2.54. The molecule has 0 aromatic heterocycles. The smallest absolute Gasteiger partial charge is 0.282 e. The molecule has 2 aromatic carbocycles. The van der Waals surface area contributed by atoms with E-state index in [1.165, 1.54) is 18.3 Å². The number of benzene rings is 2. The summed E-state index contributed by atoms with van der Waals surface area (Å²) in [4.78, 5) is 22.4. The van der Waals surface area contributed by atoms with E-state index in [-0.39, 0.29) is 24.6 Å². The molecule has 1 amide bonds. The Bertz CT molecular complexity index is 870. The lowest BCUT2D eigenvalue weighted by Gasteiger charge is -2.05. The minimum atomic E-state index is -0.562. The molecule has 0 radical (unpaired) electrons. The van der Waals surface area contributed by atoms with Crippen molar-refractivity contribution in [3.05, 3.63) is 57.1 Å². The van der Waals surface area contributed by atoms with E-state index in [0.29, 0.717) is 16.5 Å². The van der Waals surface area contributed by atoms with Crippen LogP contribution < -0.4 is 20.2 Å². The molecule has 0 fully saturated rings. The van der Waals surface area contributed by atoms with Gasteiger partial charge in [0.2, 0.25) is 6.79 Å². The molecule has 9 nitrogen and oxygen atoms in total. The molecule has 1 aliphatic rings. The fourth-order valence-corrected chi connectivity index (χ4v) is 2.30. The molecule has 26 heavy (non-hydrogen) atoms. The molecule has 0 unspecified atom stereocenters. The van der Waals surface area contributed by atoms with Crippen LogP contribution in [0.3, 0.4) is 0 Å². The molecule has 0 aliphatic carbocycles. The molecule has 1 aliphatic heterocycles. The van der Waals surface area contributed by atoms with Gasteiger partial charge < -0.3 is 14.8 Å². The number of carbonyl (C=O) groups excluding carboxylic acids is 1. The molecular weight excluding hydrogens is 364 g/mol. The summed E-state index contributed by atoms with van der Waals surface area (Å²) in [5.41, 5.74) is 3.00. The largest absolute Gasteiger partial charge is 0.454 e.